The van der Waals surface area contributed by atoms with Crippen molar-refractivity contribution < 1.29 is 136 Å². The van der Waals surface area contributed by atoms with Crippen molar-refractivity contribution in [3.8, 4) is 0 Å². The molecule has 0 unspecified atom stereocenters. The van der Waals surface area contributed by atoms with Crippen LogP contribution in [-0.4, -0.2) is 477 Å². The number of thiol groups is 1. The molecule has 13 aliphatic rings. The molecule has 13 fully saturated rings. The topological polar surface area (TPSA) is 647 Å². The molecule has 49 nitrogen and oxygen atoms in total. The number of rotatable bonds is 30. The van der Waals surface area contributed by atoms with Crippen molar-refractivity contribution >= 4 is 137 Å². The molecule has 0 saturated carbocycles. The number of carboxylic acid groups (broad SMARTS) is 1. The lowest BCUT2D eigenvalue weighted by Crippen LogP contribution is -2.57. The van der Waals surface area contributed by atoms with E-state index in [0.29, 0.717) is 51.5 Å². The van der Waals surface area contributed by atoms with Crippen LogP contribution in [0.5, 0.6) is 0 Å². The number of aliphatic carboxylic acids is 1. The van der Waals surface area contributed by atoms with Gasteiger partial charge in [0.05, 0.1) is 81.9 Å². The van der Waals surface area contributed by atoms with E-state index in [1.807, 2.05) is 0 Å². The smallest absolute Gasteiger partial charge is 0.322 e. The van der Waals surface area contributed by atoms with Crippen molar-refractivity contribution in [3.05, 3.63) is 0 Å². The zero-order chi connectivity index (χ0) is 95.0. The minimum atomic E-state index is -1.35. The molecule has 0 spiro atoms. The highest BCUT2D eigenvalue weighted by molar-refractivity contribution is 7.80. The number of β-amino-alcohol motifs (C(OH)–C–C–N with tert-alkyl or cyclic N) is 6. The maximum atomic E-state index is 14.5. The lowest BCUT2D eigenvalue weighted by molar-refractivity contribution is -0.148. The van der Waals surface area contributed by atoms with Gasteiger partial charge >= 0.3 is 5.97 Å². The summed E-state index contributed by atoms with van der Waals surface area (Å²) < 4.78 is 0. The zero-order valence-electron chi connectivity index (χ0n) is 73.1. The maximum absolute atomic E-state index is 14.5. The molecule has 726 valence electrons. The van der Waals surface area contributed by atoms with Crippen LogP contribution in [0, 0.1) is 0 Å². The van der Waals surface area contributed by atoms with Gasteiger partial charge in [-0.05, 0) is 96.4 Å². The first-order chi connectivity index (χ1) is 63.0. The van der Waals surface area contributed by atoms with E-state index in [1.54, 1.807) is 0 Å². The molecule has 13 rings (SSSR count). The summed E-state index contributed by atoms with van der Waals surface area (Å²) in [5, 5.41) is 96.2. The molecule has 50 heteroatoms. The van der Waals surface area contributed by atoms with Gasteiger partial charge in [0.1, 0.15) is 85.1 Å². The second kappa shape index (κ2) is 43.3. The number of carbonyl (C=O) groups is 21. The van der Waals surface area contributed by atoms with Gasteiger partial charge in [-0.2, -0.15) is 12.6 Å². The highest BCUT2D eigenvalue weighted by Gasteiger charge is 2.53. The Labute approximate surface area is 762 Å². The number of aliphatic hydroxyl groups excluding tert-OH is 6. The predicted octanol–water partition coefficient (Wildman–Crippen LogP) is -13.2. The SMILES string of the molecule is O=C(O)CNC(=O)[C@@H]1C[C@@H](O)CN1C(=O)[C@@H]1CCCN1C(=O)CNC(=O)[C@@H]1C[C@@H](O)CN1C(=O)[C@@H]1CCCN1C(=O)CNC(=O)[C@@H]1C[C@@H](O)CN1C(=O)[C@@H]1CCCN1C(=O)CNC(=O)[C@@H]1C[C@@H](O)CN1C(=O)[C@@H]1CCCN1C(=O)CNC(=O)[C@@H]1C[C@@H](O)CN1C(=O)[C@@H]1CCCN1C(=O)CNC(=O)[C@H](CS)NC(=O)[C@@H]1CCCN1C(=O)CNC(=O)[C@@H]1C[C@@H](O)CN1C(=O)[C@@H]1CCCN1. The first-order valence-corrected chi connectivity index (χ1v) is 46.1. The minimum Gasteiger partial charge on any atom is -0.480 e. The Kier molecular flexibility index (Phi) is 32.3. The number of amides is 20. The number of carboxylic acids is 1. The van der Waals surface area contributed by atoms with E-state index in [-0.39, 0.29) is 167 Å². The molecule has 13 heterocycles. The van der Waals surface area contributed by atoms with Gasteiger partial charge in [0.15, 0.2) is 0 Å². The van der Waals surface area contributed by atoms with Gasteiger partial charge in [0.25, 0.3) is 0 Å². The summed E-state index contributed by atoms with van der Waals surface area (Å²) in [6.45, 7) is -5.10. The molecule has 20 amide bonds. The molecule has 20 atom stereocenters. The Morgan fingerprint density at radius 2 is 0.500 bits per heavy atom. The Morgan fingerprint density at radius 3 is 0.735 bits per heavy atom. The molecule has 132 heavy (non-hydrogen) atoms. The van der Waals surface area contributed by atoms with E-state index in [4.69, 9.17) is 5.11 Å². The van der Waals surface area contributed by atoms with Crippen molar-refractivity contribution in [1.82, 2.24) is 107 Å². The van der Waals surface area contributed by atoms with Gasteiger partial charge in [0.2, 0.25) is 118 Å². The van der Waals surface area contributed by atoms with E-state index in [2.05, 4.69) is 60.5 Å². The van der Waals surface area contributed by atoms with Crippen LogP contribution in [0.3, 0.4) is 0 Å². The first-order valence-electron chi connectivity index (χ1n) is 45.5. The largest absolute Gasteiger partial charge is 0.480 e. The van der Waals surface area contributed by atoms with E-state index in [9.17, 15) is 131 Å². The van der Waals surface area contributed by atoms with E-state index >= 15 is 0 Å². The fraction of sp³-hybridized carbons (Fsp3) is 0.744. The molecule has 0 aromatic rings. The van der Waals surface area contributed by atoms with Gasteiger partial charge < -0.3 is 142 Å². The highest BCUT2D eigenvalue weighted by Crippen LogP contribution is 2.34. The molecular weight excluding hydrogens is 1760 g/mol. The molecule has 0 aromatic heterocycles. The molecule has 13 saturated heterocycles. The second-order valence-electron chi connectivity index (χ2n) is 36.2. The average molecular weight is 1880 g/mol. The number of aliphatic hydroxyl groups is 6. The summed E-state index contributed by atoms with van der Waals surface area (Å²) in [6, 6.07) is -16.1. The van der Waals surface area contributed by atoms with Crippen molar-refractivity contribution in [2.75, 3.05) is 137 Å². The number of likely N-dealkylation sites (tertiary alicyclic amines) is 12. The quantitative estimate of drug-likeness (QED) is 0.0297. The summed E-state index contributed by atoms with van der Waals surface area (Å²) in [5.41, 5.74) is 0. The standard InChI is InChI=1S/C82H119N21O28S/c104-42-22-56(98(35-42)77(126)48-8-1-15-83-48)70(119)85-29-62(110)92-16-2-9-50(92)76(125)91-49(41-132)69(118)84-28-63(111)93-17-3-10-51(93)78(127)99-36-43(105)23-57(99)71(120)86-30-64(112)94-18-4-11-52(94)79(128)100-37-44(106)24-58(100)72(121)87-31-65(113)95-19-5-12-53(95)80(129)101-38-45(107)25-59(101)73(122)88-32-66(114)96-20-6-13-54(96)81(130)102-39-46(108)26-60(102)74(123)89-33-67(115)97-21-7-14-55(97)82(131)103-40-47(109)27-61(103)75(124)90-34-68(116)117/h42-61,83,104-109,132H,1-41H2,(H,84,118)(H,85,119)(H,86,120)(H,87,121)(H,88,122)(H,89,123)(H,90,124)(H,91,125)(H,116,117)/t42-,43-,44-,45-,46-,47-,48+,49+,50+,51+,52+,53+,54+,55+,56+,57+,58+,59+,60+,61+/m1/s1. The van der Waals surface area contributed by atoms with Crippen LogP contribution in [0.4, 0.5) is 0 Å². The van der Waals surface area contributed by atoms with Crippen LogP contribution in [0.15, 0.2) is 0 Å². The number of nitrogens with zero attached hydrogens (tertiary/aromatic N) is 12. The van der Waals surface area contributed by atoms with Crippen LogP contribution in [0.1, 0.15) is 128 Å². The minimum absolute atomic E-state index is 0.0177. The second-order valence-corrected chi connectivity index (χ2v) is 36.5. The van der Waals surface area contributed by atoms with Crippen molar-refractivity contribution in [2.24, 2.45) is 0 Å². The molecule has 0 aromatic carbocycles. The number of hydrogen-bond acceptors (Lipinski definition) is 29. The van der Waals surface area contributed by atoms with Gasteiger partial charge in [0, 0.05) is 123 Å². The van der Waals surface area contributed by atoms with Crippen molar-refractivity contribution in [3.63, 3.8) is 0 Å². The highest BCUT2D eigenvalue weighted by atomic mass is 32.1. The summed E-state index contributed by atoms with van der Waals surface area (Å²) in [7, 11) is 0. The van der Waals surface area contributed by atoms with Crippen molar-refractivity contribution in [1.29, 1.82) is 0 Å². The number of hydrogen-bond donors (Lipinski definition) is 17. The van der Waals surface area contributed by atoms with Crippen LogP contribution in [0.25, 0.3) is 0 Å². The third-order valence-corrected chi connectivity index (χ3v) is 27.8. The van der Waals surface area contributed by atoms with Gasteiger partial charge in [-0.15, -0.1) is 0 Å². The summed E-state index contributed by atoms with van der Waals surface area (Å²) in [4.78, 5) is 302. The third-order valence-electron chi connectivity index (χ3n) is 27.4. The van der Waals surface area contributed by atoms with Crippen molar-refractivity contribution in [2.45, 2.75) is 250 Å². The van der Waals surface area contributed by atoms with Gasteiger partial charge in [-0.25, -0.2) is 0 Å². The van der Waals surface area contributed by atoms with E-state index in [0.717, 1.165) is 30.9 Å². The fourth-order valence-corrected chi connectivity index (χ4v) is 21.1. The molecular formula is C82H119N21O28S. The maximum Gasteiger partial charge on any atom is 0.322 e. The summed E-state index contributed by atoms with van der Waals surface area (Å²) >= 11 is 4.25. The predicted molar refractivity (Wildman–Crippen MR) is 451 cm³/mol. The first kappa shape index (κ1) is 98.4. The number of nitrogens with one attached hydrogen (secondary N) is 9. The van der Waals surface area contributed by atoms with E-state index in [1.165, 1.54) is 34.3 Å². The molecule has 16 N–H and O–H groups in total. The average Bonchev–Trinajstić information content (AvgIpc) is 1.83. The fourth-order valence-electron chi connectivity index (χ4n) is 20.9. The zero-order valence-corrected chi connectivity index (χ0v) is 74.0. The normalized spacial score (nSPS) is 30.0. The Balaban J connectivity index is 0.532. The van der Waals surface area contributed by atoms with Crippen LogP contribution in [-0.2, 0) is 101 Å². The molecule has 0 bridgehead atoms. The van der Waals surface area contributed by atoms with E-state index < -0.39 is 285 Å². The summed E-state index contributed by atoms with van der Waals surface area (Å²) in [6.07, 6.45) is -3.74. The lowest BCUT2D eigenvalue weighted by Gasteiger charge is -2.32. The Morgan fingerprint density at radius 1 is 0.273 bits per heavy atom. The third kappa shape index (κ3) is 22.2. The molecule has 0 radical (unpaired) electrons. The van der Waals surface area contributed by atoms with Gasteiger partial charge in [-0.1, -0.05) is 0 Å². The van der Waals surface area contributed by atoms with Crippen LogP contribution < -0.4 is 47.9 Å². The summed E-state index contributed by atoms with van der Waals surface area (Å²) in [5.74, 6) is -15.9. The number of carbonyl (C=O) groups excluding carboxylic acids is 20. The van der Waals surface area contributed by atoms with Gasteiger partial charge in [-0.3, -0.25) is 101 Å². The molecule has 0 aliphatic carbocycles. The monoisotopic (exact) mass is 1880 g/mol. The lowest BCUT2D eigenvalue weighted by atomic mass is 10.1. The Hall–Kier alpha value is -11.1. The molecule has 13 aliphatic heterocycles. The Bertz CT molecular complexity index is 4490. The van der Waals surface area contributed by atoms with Crippen LogP contribution >= 0.6 is 12.6 Å². The van der Waals surface area contributed by atoms with Crippen LogP contribution in [0.2, 0.25) is 0 Å².